The zero-order valence-corrected chi connectivity index (χ0v) is 7.54. The number of hydrogen-bond acceptors (Lipinski definition) is 2. The maximum absolute atomic E-state index is 4.19. The molecule has 2 heteroatoms. The van der Waals surface area contributed by atoms with Crippen LogP contribution in [0, 0.1) is 0 Å². The van der Waals surface area contributed by atoms with E-state index in [0.717, 1.165) is 17.8 Å². The fourth-order valence-corrected chi connectivity index (χ4v) is 1.01. The molecule has 0 aliphatic heterocycles. The van der Waals surface area contributed by atoms with Crippen LogP contribution in [-0.2, 0) is 0 Å². The predicted molar refractivity (Wildman–Crippen MR) is 53.1 cm³/mol. The lowest BCUT2D eigenvalue weighted by molar-refractivity contribution is 1.23. The van der Waals surface area contributed by atoms with Crippen molar-refractivity contribution in [1.82, 2.24) is 4.98 Å². The van der Waals surface area contributed by atoms with Crippen molar-refractivity contribution in [2.75, 3.05) is 12.4 Å². The summed E-state index contributed by atoms with van der Waals surface area (Å²) < 4.78 is 0. The first-order valence-corrected chi connectivity index (χ1v) is 4.17. The molecule has 0 unspecified atom stereocenters. The molecule has 1 N–H and O–H groups in total. The molecule has 0 bridgehead atoms. The highest BCUT2D eigenvalue weighted by atomic mass is 14.9. The van der Waals surface area contributed by atoms with Crippen molar-refractivity contribution < 1.29 is 0 Å². The zero-order chi connectivity index (χ0) is 8.81. The van der Waals surface area contributed by atoms with Gasteiger partial charge in [-0.05, 0) is 18.6 Å². The van der Waals surface area contributed by atoms with Gasteiger partial charge in [0.2, 0.25) is 0 Å². The van der Waals surface area contributed by atoms with Gasteiger partial charge in [-0.2, -0.15) is 0 Å². The Morgan fingerprint density at radius 1 is 1.58 bits per heavy atom. The molecule has 1 aromatic heterocycles. The highest BCUT2D eigenvalue weighted by molar-refractivity contribution is 5.62. The number of rotatable bonds is 3. The Bertz CT molecular complexity index is 266. The SMILES string of the molecule is CC/C=C\c1cccnc1NC. The van der Waals surface area contributed by atoms with Crippen LogP contribution < -0.4 is 5.32 Å². The summed E-state index contributed by atoms with van der Waals surface area (Å²) in [7, 11) is 1.88. The van der Waals surface area contributed by atoms with E-state index in [1.807, 2.05) is 19.2 Å². The molecule has 0 spiro atoms. The monoisotopic (exact) mass is 162 g/mol. The average molecular weight is 162 g/mol. The molecular weight excluding hydrogens is 148 g/mol. The second-order valence-corrected chi connectivity index (χ2v) is 2.50. The van der Waals surface area contributed by atoms with E-state index in [9.17, 15) is 0 Å². The minimum atomic E-state index is 0.933. The molecule has 0 saturated heterocycles. The molecule has 0 saturated carbocycles. The normalized spacial score (nSPS) is 10.5. The standard InChI is InChI=1S/C10H14N2/c1-3-4-6-9-7-5-8-12-10(9)11-2/h4-8H,3H2,1-2H3,(H,11,12)/b6-4-. The van der Waals surface area contributed by atoms with Crippen LogP contribution in [0.4, 0.5) is 5.82 Å². The van der Waals surface area contributed by atoms with Crippen LogP contribution in [0.2, 0.25) is 0 Å². The van der Waals surface area contributed by atoms with Gasteiger partial charge in [-0.25, -0.2) is 4.98 Å². The molecule has 1 rings (SSSR count). The van der Waals surface area contributed by atoms with Gasteiger partial charge in [0.25, 0.3) is 0 Å². The number of aromatic nitrogens is 1. The van der Waals surface area contributed by atoms with Crippen LogP contribution in [0.3, 0.4) is 0 Å². The first-order valence-electron chi connectivity index (χ1n) is 4.17. The van der Waals surface area contributed by atoms with Gasteiger partial charge in [0.15, 0.2) is 0 Å². The largest absolute Gasteiger partial charge is 0.373 e. The topological polar surface area (TPSA) is 24.9 Å². The van der Waals surface area contributed by atoms with E-state index < -0.39 is 0 Å². The maximum atomic E-state index is 4.19. The Labute approximate surface area is 73.3 Å². The van der Waals surface area contributed by atoms with Crippen LogP contribution in [-0.4, -0.2) is 12.0 Å². The molecule has 0 atom stereocenters. The highest BCUT2D eigenvalue weighted by Gasteiger charge is 1.94. The molecule has 12 heavy (non-hydrogen) atoms. The van der Waals surface area contributed by atoms with Crippen molar-refractivity contribution >= 4 is 11.9 Å². The fourth-order valence-electron chi connectivity index (χ4n) is 1.01. The fraction of sp³-hybridized carbons (Fsp3) is 0.300. The van der Waals surface area contributed by atoms with E-state index in [1.54, 1.807) is 6.20 Å². The third-order valence-corrected chi connectivity index (χ3v) is 1.61. The highest BCUT2D eigenvalue weighted by Crippen LogP contribution is 2.12. The molecule has 1 aromatic rings. The summed E-state index contributed by atoms with van der Waals surface area (Å²) in [5, 5.41) is 3.04. The third-order valence-electron chi connectivity index (χ3n) is 1.61. The lowest BCUT2D eigenvalue weighted by Gasteiger charge is -2.01. The minimum Gasteiger partial charge on any atom is -0.373 e. The van der Waals surface area contributed by atoms with Crippen molar-refractivity contribution in [2.45, 2.75) is 13.3 Å². The lowest BCUT2D eigenvalue weighted by atomic mass is 10.2. The quantitative estimate of drug-likeness (QED) is 0.738. The molecule has 64 valence electrons. The van der Waals surface area contributed by atoms with Crippen molar-refractivity contribution in [3.8, 4) is 0 Å². The van der Waals surface area contributed by atoms with Crippen LogP contribution in [0.5, 0.6) is 0 Å². The van der Waals surface area contributed by atoms with Gasteiger partial charge in [-0.3, -0.25) is 0 Å². The molecule has 0 aromatic carbocycles. The summed E-state index contributed by atoms with van der Waals surface area (Å²) in [6, 6.07) is 3.99. The minimum absolute atomic E-state index is 0.933. The summed E-state index contributed by atoms with van der Waals surface area (Å²) in [6.07, 6.45) is 7.05. The average Bonchev–Trinajstić information content (AvgIpc) is 2.15. The smallest absolute Gasteiger partial charge is 0.132 e. The van der Waals surface area contributed by atoms with Gasteiger partial charge in [0, 0.05) is 18.8 Å². The van der Waals surface area contributed by atoms with Crippen molar-refractivity contribution in [1.29, 1.82) is 0 Å². The van der Waals surface area contributed by atoms with Gasteiger partial charge in [-0.15, -0.1) is 0 Å². The summed E-state index contributed by atoms with van der Waals surface area (Å²) in [5.41, 5.74) is 1.14. The molecule has 0 fully saturated rings. The molecule has 2 nitrogen and oxygen atoms in total. The molecule has 1 heterocycles. The van der Waals surface area contributed by atoms with Gasteiger partial charge >= 0.3 is 0 Å². The van der Waals surface area contributed by atoms with E-state index in [4.69, 9.17) is 0 Å². The number of pyridine rings is 1. The number of nitrogens with one attached hydrogen (secondary N) is 1. The van der Waals surface area contributed by atoms with E-state index >= 15 is 0 Å². The van der Waals surface area contributed by atoms with Crippen molar-refractivity contribution in [2.24, 2.45) is 0 Å². The zero-order valence-electron chi connectivity index (χ0n) is 7.54. The Morgan fingerprint density at radius 2 is 2.42 bits per heavy atom. The molecule has 0 aliphatic carbocycles. The van der Waals surface area contributed by atoms with E-state index in [1.165, 1.54) is 0 Å². The summed E-state index contributed by atoms with van der Waals surface area (Å²) in [5.74, 6) is 0.933. The first kappa shape index (κ1) is 8.78. The Morgan fingerprint density at radius 3 is 3.08 bits per heavy atom. The van der Waals surface area contributed by atoms with E-state index in [0.29, 0.717) is 0 Å². The Balaban J connectivity index is 2.89. The van der Waals surface area contributed by atoms with Gasteiger partial charge in [-0.1, -0.05) is 19.1 Å². The van der Waals surface area contributed by atoms with Crippen molar-refractivity contribution in [3.05, 3.63) is 30.0 Å². The predicted octanol–water partition coefficient (Wildman–Crippen LogP) is 2.55. The molecule has 0 amide bonds. The number of allylic oxidation sites excluding steroid dienone is 1. The van der Waals surface area contributed by atoms with Crippen LogP contribution in [0.15, 0.2) is 24.4 Å². The lowest BCUT2D eigenvalue weighted by Crippen LogP contribution is -1.93. The number of anilines is 1. The molecular formula is C10H14N2. The van der Waals surface area contributed by atoms with Gasteiger partial charge < -0.3 is 5.32 Å². The number of hydrogen-bond donors (Lipinski definition) is 1. The molecule has 0 aliphatic rings. The molecule has 0 radical (unpaired) electrons. The second kappa shape index (κ2) is 4.54. The third kappa shape index (κ3) is 2.09. The Hall–Kier alpha value is -1.31. The van der Waals surface area contributed by atoms with Crippen molar-refractivity contribution in [3.63, 3.8) is 0 Å². The maximum Gasteiger partial charge on any atom is 0.132 e. The summed E-state index contributed by atoms with van der Waals surface area (Å²) in [4.78, 5) is 4.19. The second-order valence-electron chi connectivity index (χ2n) is 2.50. The summed E-state index contributed by atoms with van der Waals surface area (Å²) >= 11 is 0. The van der Waals surface area contributed by atoms with Gasteiger partial charge in [0.05, 0.1) is 0 Å². The first-order chi connectivity index (χ1) is 5.88. The van der Waals surface area contributed by atoms with Crippen LogP contribution >= 0.6 is 0 Å². The van der Waals surface area contributed by atoms with Gasteiger partial charge in [0.1, 0.15) is 5.82 Å². The number of nitrogens with zero attached hydrogens (tertiary/aromatic N) is 1. The van der Waals surface area contributed by atoms with Crippen LogP contribution in [0.1, 0.15) is 18.9 Å². The van der Waals surface area contributed by atoms with E-state index in [-0.39, 0.29) is 0 Å². The Kier molecular flexibility index (Phi) is 3.33. The van der Waals surface area contributed by atoms with Crippen LogP contribution in [0.25, 0.3) is 6.08 Å². The van der Waals surface area contributed by atoms with E-state index in [2.05, 4.69) is 29.4 Å². The summed E-state index contributed by atoms with van der Waals surface area (Å²) in [6.45, 7) is 2.12.